The van der Waals surface area contributed by atoms with Gasteiger partial charge < -0.3 is 14.2 Å². The van der Waals surface area contributed by atoms with Crippen LogP contribution in [0, 0.1) is 0 Å². The number of benzene rings is 2. The van der Waals surface area contributed by atoms with E-state index >= 15 is 0 Å². The largest absolute Gasteiger partial charge is 0.435 e. The van der Waals surface area contributed by atoms with Crippen molar-refractivity contribution in [2.45, 2.75) is 0 Å². The Morgan fingerprint density at radius 2 is 1.12 bits per heavy atom. The molecule has 0 atom stereocenters. The minimum Gasteiger partial charge on any atom is -0.435 e. The SMILES string of the molecule is O=C(OCOCOC(=O)c1ccc(Cl)cc1Cl)c1ccc(Cl)cc1Cl. The highest BCUT2D eigenvalue weighted by Gasteiger charge is 2.14. The second-order valence-electron chi connectivity index (χ2n) is 4.55. The normalized spacial score (nSPS) is 10.4. The van der Waals surface area contributed by atoms with Gasteiger partial charge in [-0.1, -0.05) is 46.4 Å². The van der Waals surface area contributed by atoms with Gasteiger partial charge in [-0.25, -0.2) is 9.59 Å². The van der Waals surface area contributed by atoms with E-state index in [1.54, 1.807) is 0 Å². The van der Waals surface area contributed by atoms with E-state index in [2.05, 4.69) is 0 Å². The number of rotatable bonds is 6. The molecular weight excluding hydrogens is 414 g/mol. The third-order valence-corrected chi connectivity index (χ3v) is 3.94. The molecule has 0 bridgehead atoms. The molecule has 0 N–H and O–H groups in total. The fraction of sp³-hybridized carbons (Fsp3) is 0.125. The van der Waals surface area contributed by atoms with Crippen LogP contribution in [0.2, 0.25) is 20.1 Å². The highest BCUT2D eigenvalue weighted by atomic mass is 35.5. The van der Waals surface area contributed by atoms with Gasteiger partial charge in [-0.3, -0.25) is 0 Å². The van der Waals surface area contributed by atoms with Gasteiger partial charge in [0.2, 0.25) is 0 Å². The number of esters is 2. The fourth-order valence-electron chi connectivity index (χ4n) is 1.69. The topological polar surface area (TPSA) is 61.8 Å². The first-order chi connectivity index (χ1) is 11.9. The molecule has 132 valence electrons. The standard InChI is InChI=1S/C16H10Cl4O5/c17-9-1-3-11(13(19)5-9)15(21)24-7-23-8-25-16(22)12-4-2-10(18)6-14(12)20/h1-6H,7-8H2. The Labute approximate surface area is 163 Å². The lowest BCUT2D eigenvalue weighted by Crippen LogP contribution is -2.13. The predicted molar refractivity (Wildman–Crippen MR) is 94.6 cm³/mol. The van der Waals surface area contributed by atoms with Crippen LogP contribution in [-0.4, -0.2) is 25.5 Å². The zero-order valence-corrected chi connectivity index (χ0v) is 15.5. The Morgan fingerprint density at radius 3 is 1.48 bits per heavy atom. The molecule has 0 radical (unpaired) electrons. The zero-order valence-electron chi connectivity index (χ0n) is 12.4. The molecule has 0 spiro atoms. The van der Waals surface area contributed by atoms with E-state index in [-0.39, 0.29) is 21.2 Å². The molecule has 2 rings (SSSR count). The average Bonchev–Trinajstić information content (AvgIpc) is 2.54. The summed E-state index contributed by atoms with van der Waals surface area (Å²) in [5.41, 5.74) is 0.277. The molecule has 2 aromatic rings. The van der Waals surface area contributed by atoms with Crippen LogP contribution in [0.25, 0.3) is 0 Å². The predicted octanol–water partition coefficient (Wildman–Crippen LogP) is 5.25. The van der Waals surface area contributed by atoms with Crippen molar-refractivity contribution < 1.29 is 23.8 Å². The Balaban J connectivity index is 1.76. The average molecular weight is 424 g/mol. The van der Waals surface area contributed by atoms with Crippen molar-refractivity contribution in [3.05, 3.63) is 67.6 Å². The molecule has 0 heterocycles. The van der Waals surface area contributed by atoms with Crippen molar-refractivity contribution in [3.8, 4) is 0 Å². The quantitative estimate of drug-likeness (QED) is 0.361. The molecule has 25 heavy (non-hydrogen) atoms. The first kappa shape index (κ1) is 19.8. The minimum absolute atomic E-state index is 0.139. The fourth-order valence-corrected chi connectivity index (χ4v) is 2.66. The third-order valence-electron chi connectivity index (χ3n) is 2.85. The van der Waals surface area contributed by atoms with Crippen LogP contribution in [0.5, 0.6) is 0 Å². The lowest BCUT2D eigenvalue weighted by Gasteiger charge is -2.09. The highest BCUT2D eigenvalue weighted by Crippen LogP contribution is 2.22. The van der Waals surface area contributed by atoms with Crippen LogP contribution in [-0.2, 0) is 14.2 Å². The summed E-state index contributed by atoms with van der Waals surface area (Å²) in [5.74, 6) is -1.40. The number of ether oxygens (including phenoxy) is 3. The van der Waals surface area contributed by atoms with E-state index in [4.69, 9.17) is 60.6 Å². The summed E-state index contributed by atoms with van der Waals surface area (Å²) in [6.07, 6.45) is 0. The molecule has 0 saturated heterocycles. The van der Waals surface area contributed by atoms with Crippen LogP contribution in [0.15, 0.2) is 36.4 Å². The van der Waals surface area contributed by atoms with E-state index in [1.165, 1.54) is 36.4 Å². The van der Waals surface area contributed by atoms with Gasteiger partial charge in [-0.15, -0.1) is 0 Å². The number of carbonyl (C=O) groups is 2. The number of hydrogen-bond acceptors (Lipinski definition) is 5. The molecule has 9 heteroatoms. The minimum atomic E-state index is -0.700. The van der Waals surface area contributed by atoms with Gasteiger partial charge in [-0.2, -0.15) is 0 Å². The first-order valence-corrected chi connectivity index (χ1v) is 8.22. The molecule has 0 aliphatic heterocycles. The summed E-state index contributed by atoms with van der Waals surface area (Å²) in [6, 6.07) is 8.69. The van der Waals surface area contributed by atoms with Gasteiger partial charge >= 0.3 is 11.9 Å². The second-order valence-corrected chi connectivity index (χ2v) is 6.24. The lowest BCUT2D eigenvalue weighted by atomic mass is 10.2. The smallest absolute Gasteiger partial charge is 0.341 e. The molecule has 5 nitrogen and oxygen atoms in total. The van der Waals surface area contributed by atoms with Gasteiger partial charge in [0, 0.05) is 10.0 Å². The van der Waals surface area contributed by atoms with Crippen LogP contribution in [0.3, 0.4) is 0 Å². The highest BCUT2D eigenvalue weighted by molar-refractivity contribution is 6.37. The molecule has 2 aromatic carbocycles. The van der Waals surface area contributed by atoms with Crippen LogP contribution in [0.4, 0.5) is 0 Å². The van der Waals surface area contributed by atoms with Gasteiger partial charge in [0.1, 0.15) is 0 Å². The Bertz CT molecular complexity index is 729. The van der Waals surface area contributed by atoms with E-state index in [9.17, 15) is 9.59 Å². The van der Waals surface area contributed by atoms with Crippen molar-refractivity contribution >= 4 is 58.3 Å². The molecule has 0 aromatic heterocycles. The van der Waals surface area contributed by atoms with Crippen molar-refractivity contribution in [1.29, 1.82) is 0 Å². The van der Waals surface area contributed by atoms with Crippen molar-refractivity contribution in [1.82, 2.24) is 0 Å². The van der Waals surface area contributed by atoms with E-state index in [0.717, 1.165) is 0 Å². The Hall–Kier alpha value is -1.50. The summed E-state index contributed by atoms with van der Waals surface area (Å²) in [7, 11) is 0. The van der Waals surface area contributed by atoms with Crippen LogP contribution < -0.4 is 0 Å². The maximum absolute atomic E-state index is 11.8. The molecule has 0 aliphatic rings. The van der Waals surface area contributed by atoms with Crippen LogP contribution in [0.1, 0.15) is 20.7 Å². The van der Waals surface area contributed by atoms with Gasteiger partial charge in [0.25, 0.3) is 0 Å². The van der Waals surface area contributed by atoms with E-state index < -0.39 is 25.5 Å². The van der Waals surface area contributed by atoms with Gasteiger partial charge in [-0.05, 0) is 36.4 Å². The molecule has 0 aliphatic carbocycles. The maximum atomic E-state index is 11.8. The molecule has 0 amide bonds. The summed E-state index contributed by atoms with van der Waals surface area (Å²) >= 11 is 23.2. The van der Waals surface area contributed by atoms with Gasteiger partial charge in [0.05, 0.1) is 21.2 Å². The Morgan fingerprint density at radius 1 is 0.720 bits per heavy atom. The zero-order chi connectivity index (χ0) is 18.4. The summed E-state index contributed by atoms with van der Waals surface area (Å²) in [4.78, 5) is 23.6. The lowest BCUT2D eigenvalue weighted by molar-refractivity contribution is -0.0931. The maximum Gasteiger partial charge on any atom is 0.341 e. The summed E-state index contributed by atoms with van der Waals surface area (Å²) in [5, 5.41) is 1.10. The monoisotopic (exact) mass is 422 g/mol. The molecule has 0 fully saturated rings. The second kappa shape index (κ2) is 9.27. The van der Waals surface area contributed by atoms with Crippen LogP contribution >= 0.6 is 46.4 Å². The van der Waals surface area contributed by atoms with Crippen molar-refractivity contribution in [2.24, 2.45) is 0 Å². The molecular formula is C16H10Cl4O5. The number of halogens is 4. The molecule has 0 unspecified atom stereocenters. The summed E-state index contributed by atoms with van der Waals surface area (Å²) in [6.45, 7) is -0.862. The first-order valence-electron chi connectivity index (χ1n) is 6.70. The number of carbonyl (C=O) groups excluding carboxylic acids is 2. The van der Waals surface area contributed by atoms with Crippen molar-refractivity contribution in [2.75, 3.05) is 13.6 Å². The third kappa shape index (κ3) is 5.76. The van der Waals surface area contributed by atoms with E-state index in [1.807, 2.05) is 0 Å². The van der Waals surface area contributed by atoms with Gasteiger partial charge in [0.15, 0.2) is 13.6 Å². The molecule has 0 saturated carbocycles. The van der Waals surface area contributed by atoms with Crippen molar-refractivity contribution in [3.63, 3.8) is 0 Å². The Kier molecular flexibility index (Phi) is 7.35. The summed E-state index contributed by atoms with van der Waals surface area (Å²) < 4.78 is 14.6. The number of hydrogen-bond donors (Lipinski definition) is 0. The van der Waals surface area contributed by atoms with E-state index in [0.29, 0.717) is 10.0 Å².